The number of hydrogen-bond donors (Lipinski definition) is 2. The number of piperidine rings is 1. The predicted octanol–water partition coefficient (Wildman–Crippen LogP) is 5.38. The monoisotopic (exact) mass is 570 g/mol. The molecule has 1 aliphatic carbocycles. The van der Waals surface area contributed by atoms with E-state index in [1.807, 2.05) is 6.08 Å². The maximum Gasteiger partial charge on any atom is 0.416 e. The summed E-state index contributed by atoms with van der Waals surface area (Å²) < 4.78 is 79.1. The molecule has 2 heterocycles. The third-order valence-electron chi connectivity index (χ3n) is 6.18. The van der Waals surface area contributed by atoms with Crippen LogP contribution < -0.4 is 10.6 Å². The van der Waals surface area contributed by atoms with Gasteiger partial charge in [0.2, 0.25) is 5.91 Å². The van der Waals surface area contributed by atoms with Crippen LogP contribution in [0.15, 0.2) is 34.2 Å². The van der Waals surface area contributed by atoms with Crippen LogP contribution in [0, 0.1) is 5.92 Å². The Bertz CT molecular complexity index is 1080. The molecule has 4 rings (SSSR count). The van der Waals surface area contributed by atoms with Crippen LogP contribution in [0.4, 0.5) is 31.1 Å². The summed E-state index contributed by atoms with van der Waals surface area (Å²) in [6.45, 7) is 0.851. The minimum Gasteiger partial charge on any atom is -0.309 e. The summed E-state index contributed by atoms with van der Waals surface area (Å²) in [7, 11) is 0. The van der Waals surface area contributed by atoms with E-state index in [-0.39, 0.29) is 54.8 Å². The van der Waals surface area contributed by atoms with Crippen LogP contribution in [0.25, 0.3) is 0 Å². The van der Waals surface area contributed by atoms with Gasteiger partial charge in [-0.05, 0) is 74.1 Å². The lowest BCUT2D eigenvalue weighted by molar-refractivity contribution is -0.143. The maximum absolute atomic E-state index is 13.4. The molecule has 204 valence electrons. The molecule has 2 amide bonds. The van der Waals surface area contributed by atoms with Crippen LogP contribution in [0.3, 0.4) is 0 Å². The van der Waals surface area contributed by atoms with Crippen molar-refractivity contribution in [1.29, 1.82) is 0 Å². The van der Waals surface area contributed by atoms with Gasteiger partial charge in [-0.2, -0.15) is 31.3 Å². The second-order valence-corrected chi connectivity index (χ2v) is 10.0. The van der Waals surface area contributed by atoms with Crippen LogP contribution in [0.5, 0.6) is 0 Å². The van der Waals surface area contributed by atoms with Crippen LogP contribution in [0.2, 0.25) is 0 Å². The second-order valence-electron chi connectivity index (χ2n) is 9.04. The number of amides is 2. The van der Waals surface area contributed by atoms with Gasteiger partial charge in [-0.25, -0.2) is 0 Å². The van der Waals surface area contributed by atoms with E-state index in [0.717, 1.165) is 30.7 Å². The van der Waals surface area contributed by atoms with Gasteiger partial charge in [0.1, 0.15) is 0 Å². The Labute approximate surface area is 219 Å². The third-order valence-corrected chi connectivity index (χ3v) is 6.99. The van der Waals surface area contributed by atoms with Crippen molar-refractivity contribution in [2.24, 2.45) is 10.9 Å². The quantitative estimate of drug-likeness (QED) is 0.450. The topological polar surface area (TPSA) is 73.8 Å². The number of aliphatic imine (C=N–C) groups is 1. The first-order chi connectivity index (χ1) is 16.9. The van der Waals surface area contributed by atoms with Crippen LogP contribution in [-0.4, -0.2) is 47.6 Å². The van der Waals surface area contributed by atoms with Crippen molar-refractivity contribution < 1.29 is 35.9 Å². The lowest BCUT2D eigenvalue weighted by Gasteiger charge is -2.31. The van der Waals surface area contributed by atoms with E-state index >= 15 is 0 Å². The SMILES string of the molecule is Cl.O=C(CNC1CC1)NC1=NC(=O)S/C1=C\C1CCN(Cc2ccc(C(F)(F)F)cc2C(F)(F)F)CC1. The molecule has 1 saturated carbocycles. The highest BCUT2D eigenvalue weighted by Gasteiger charge is 2.38. The van der Waals surface area contributed by atoms with Crippen molar-refractivity contribution in [3.63, 3.8) is 0 Å². The fourth-order valence-corrected chi connectivity index (χ4v) is 4.88. The van der Waals surface area contributed by atoms with Crippen molar-refractivity contribution >= 4 is 41.2 Å². The van der Waals surface area contributed by atoms with Crippen LogP contribution in [-0.2, 0) is 23.7 Å². The Balaban J connectivity index is 0.00000380. The summed E-state index contributed by atoms with van der Waals surface area (Å²) in [5.41, 5.74) is -2.82. The van der Waals surface area contributed by atoms with Crippen molar-refractivity contribution in [3.8, 4) is 0 Å². The van der Waals surface area contributed by atoms with E-state index < -0.39 is 28.7 Å². The van der Waals surface area contributed by atoms with Gasteiger partial charge in [0.15, 0.2) is 5.84 Å². The molecule has 0 bridgehead atoms. The van der Waals surface area contributed by atoms with Crippen molar-refractivity contribution in [3.05, 3.63) is 45.9 Å². The maximum atomic E-state index is 13.4. The zero-order valence-corrected chi connectivity index (χ0v) is 21.0. The Morgan fingerprint density at radius 2 is 1.76 bits per heavy atom. The van der Waals surface area contributed by atoms with E-state index in [1.165, 1.54) is 0 Å². The van der Waals surface area contributed by atoms with Crippen molar-refractivity contribution in [2.45, 2.75) is 50.6 Å². The van der Waals surface area contributed by atoms with Gasteiger partial charge < -0.3 is 10.6 Å². The third kappa shape index (κ3) is 8.20. The fraction of sp³-hybridized carbons (Fsp3) is 0.522. The number of rotatable bonds is 6. The first-order valence-electron chi connectivity index (χ1n) is 11.4. The normalized spacial score (nSPS) is 20.6. The van der Waals surface area contributed by atoms with Gasteiger partial charge >= 0.3 is 17.6 Å². The Hall–Kier alpha value is -2.09. The highest BCUT2D eigenvalue weighted by molar-refractivity contribution is 8.18. The molecule has 3 aliphatic rings. The minimum absolute atomic E-state index is 0. The molecule has 2 fully saturated rings. The van der Waals surface area contributed by atoms with Gasteiger partial charge in [0.25, 0.3) is 0 Å². The molecule has 1 aromatic rings. The zero-order valence-electron chi connectivity index (χ0n) is 19.4. The molecule has 0 radical (unpaired) electrons. The van der Waals surface area contributed by atoms with E-state index in [1.54, 1.807) is 4.90 Å². The molecular formula is C23H25ClF6N4O2S. The number of hydrogen-bond acceptors (Lipinski definition) is 5. The molecule has 0 spiro atoms. The molecule has 0 aromatic heterocycles. The molecule has 1 saturated heterocycles. The van der Waals surface area contributed by atoms with Gasteiger partial charge in [0.05, 0.1) is 22.6 Å². The number of nitrogens with zero attached hydrogens (tertiary/aromatic N) is 2. The number of benzene rings is 1. The van der Waals surface area contributed by atoms with Crippen LogP contribution >= 0.6 is 24.2 Å². The number of carbonyl (C=O) groups excluding carboxylic acids is 2. The number of allylic oxidation sites excluding steroid dienone is 1. The van der Waals surface area contributed by atoms with Crippen molar-refractivity contribution in [2.75, 3.05) is 19.6 Å². The smallest absolute Gasteiger partial charge is 0.309 e. The molecular weight excluding hydrogens is 546 g/mol. The van der Waals surface area contributed by atoms with E-state index in [4.69, 9.17) is 0 Å². The molecule has 0 unspecified atom stereocenters. The largest absolute Gasteiger partial charge is 0.416 e. The van der Waals surface area contributed by atoms with E-state index in [2.05, 4.69) is 15.6 Å². The first kappa shape index (κ1) is 29.5. The summed E-state index contributed by atoms with van der Waals surface area (Å²) in [6.07, 6.45) is -4.71. The Morgan fingerprint density at radius 1 is 1.08 bits per heavy atom. The number of thioether (sulfide) groups is 1. The highest BCUT2D eigenvalue weighted by Crippen LogP contribution is 2.38. The molecule has 6 nitrogen and oxygen atoms in total. The zero-order chi connectivity index (χ0) is 26.1. The summed E-state index contributed by atoms with van der Waals surface area (Å²) in [5.74, 6) is -0.0840. The number of likely N-dealkylation sites (tertiary alicyclic amines) is 1. The van der Waals surface area contributed by atoms with Gasteiger partial charge in [-0.3, -0.25) is 14.5 Å². The van der Waals surface area contributed by atoms with E-state index in [0.29, 0.717) is 42.9 Å². The van der Waals surface area contributed by atoms with Crippen molar-refractivity contribution in [1.82, 2.24) is 15.5 Å². The number of nitrogens with one attached hydrogen (secondary N) is 2. The highest BCUT2D eigenvalue weighted by atomic mass is 35.5. The molecule has 14 heteroatoms. The number of amidine groups is 1. The molecule has 2 N–H and O–H groups in total. The summed E-state index contributed by atoms with van der Waals surface area (Å²) in [4.78, 5) is 30.1. The second kappa shape index (κ2) is 11.7. The molecule has 0 atom stereocenters. The lowest BCUT2D eigenvalue weighted by atomic mass is 9.95. The number of alkyl halides is 6. The first-order valence-corrected chi connectivity index (χ1v) is 12.3. The fourth-order valence-electron chi connectivity index (χ4n) is 4.10. The van der Waals surface area contributed by atoms with Gasteiger partial charge in [-0.1, -0.05) is 12.1 Å². The molecule has 37 heavy (non-hydrogen) atoms. The van der Waals surface area contributed by atoms with Gasteiger partial charge in [0, 0.05) is 12.6 Å². The summed E-state index contributed by atoms with van der Waals surface area (Å²) >= 11 is 0.910. The van der Waals surface area contributed by atoms with Crippen LogP contribution in [0.1, 0.15) is 42.4 Å². The Kier molecular flexibility index (Phi) is 9.36. The molecule has 2 aliphatic heterocycles. The molecule has 1 aromatic carbocycles. The average molecular weight is 571 g/mol. The summed E-state index contributed by atoms with van der Waals surface area (Å²) in [6, 6.07) is 2.08. The average Bonchev–Trinajstić information content (AvgIpc) is 3.55. The summed E-state index contributed by atoms with van der Waals surface area (Å²) in [5, 5.41) is 5.29. The predicted molar refractivity (Wildman–Crippen MR) is 129 cm³/mol. The van der Waals surface area contributed by atoms with E-state index in [9.17, 15) is 35.9 Å². The Morgan fingerprint density at radius 3 is 2.35 bits per heavy atom. The minimum atomic E-state index is -4.90. The van der Waals surface area contributed by atoms with Gasteiger partial charge in [-0.15, -0.1) is 12.4 Å². The lowest BCUT2D eigenvalue weighted by Crippen LogP contribution is -2.38. The standard InChI is InChI=1S/C23H24F6N4O2S.ClH/c24-22(25,26)15-2-1-14(17(10-15)23(27,28)29)12-33-7-5-13(6-8-33)9-18-20(32-21(35)36-18)31-19(34)11-30-16-3-4-16;/h1-2,9-10,13,16,30H,3-8,11-12H2,(H,31,32,34,35);1H/b18-9-;. The number of halogens is 7. The number of carbonyl (C=O) groups is 2.